The molecule has 2 aromatic heterocycles. The molecule has 1 aliphatic carbocycles. The van der Waals surface area contributed by atoms with E-state index in [-0.39, 0.29) is 11.8 Å². The van der Waals surface area contributed by atoms with Crippen molar-refractivity contribution < 1.29 is 9.32 Å². The molecule has 23 heavy (non-hydrogen) atoms. The molecule has 7 heteroatoms. The van der Waals surface area contributed by atoms with Crippen molar-refractivity contribution in [2.45, 2.75) is 58.8 Å². The number of amides is 1. The van der Waals surface area contributed by atoms with E-state index in [1.807, 2.05) is 13.8 Å². The minimum absolute atomic E-state index is 0.0616. The summed E-state index contributed by atoms with van der Waals surface area (Å²) in [5.41, 5.74) is 1.15. The van der Waals surface area contributed by atoms with Gasteiger partial charge in [0.15, 0.2) is 11.0 Å². The van der Waals surface area contributed by atoms with E-state index < -0.39 is 0 Å². The molecule has 2 heterocycles. The number of rotatable bonds is 5. The fourth-order valence-electron chi connectivity index (χ4n) is 2.60. The number of aromatic nitrogens is 3. The number of hydrogen-bond donors (Lipinski definition) is 1. The van der Waals surface area contributed by atoms with Gasteiger partial charge in [-0.05, 0) is 25.2 Å². The van der Waals surface area contributed by atoms with Crippen molar-refractivity contribution >= 4 is 22.4 Å². The minimum Gasteiger partial charge on any atom is -0.339 e. The van der Waals surface area contributed by atoms with E-state index >= 15 is 0 Å². The van der Waals surface area contributed by atoms with Crippen LogP contribution in [0.25, 0.3) is 0 Å². The van der Waals surface area contributed by atoms with Crippen LogP contribution in [0.1, 0.15) is 61.8 Å². The maximum atomic E-state index is 12.1. The highest BCUT2D eigenvalue weighted by atomic mass is 32.1. The Labute approximate surface area is 139 Å². The Morgan fingerprint density at radius 2 is 2.26 bits per heavy atom. The topological polar surface area (TPSA) is 80.9 Å². The molecule has 124 valence electrons. The lowest BCUT2D eigenvalue weighted by Gasteiger charge is -2.15. The zero-order chi connectivity index (χ0) is 16.4. The Kier molecular flexibility index (Phi) is 4.75. The molecule has 2 aromatic rings. The van der Waals surface area contributed by atoms with E-state index in [1.54, 1.807) is 11.3 Å². The van der Waals surface area contributed by atoms with Crippen molar-refractivity contribution in [1.82, 2.24) is 15.1 Å². The van der Waals surface area contributed by atoms with E-state index in [9.17, 15) is 4.79 Å². The smallest absolute Gasteiger partial charge is 0.227 e. The van der Waals surface area contributed by atoms with Gasteiger partial charge in [-0.25, -0.2) is 4.98 Å². The van der Waals surface area contributed by atoms with Crippen LogP contribution in [0.2, 0.25) is 0 Å². The number of nitrogens with one attached hydrogen (secondary N) is 1. The minimum atomic E-state index is -0.0616. The molecule has 0 saturated carbocycles. The second-order valence-corrected chi connectivity index (χ2v) is 7.57. The van der Waals surface area contributed by atoms with Crippen molar-refractivity contribution in [3.05, 3.63) is 22.3 Å². The molecule has 0 aliphatic heterocycles. The van der Waals surface area contributed by atoms with Crippen molar-refractivity contribution in [1.29, 1.82) is 0 Å². The molecule has 6 nitrogen and oxygen atoms in total. The van der Waals surface area contributed by atoms with Crippen LogP contribution in [-0.4, -0.2) is 21.0 Å². The van der Waals surface area contributed by atoms with Gasteiger partial charge in [0.05, 0.1) is 5.69 Å². The third-order valence-corrected chi connectivity index (χ3v) is 5.03. The third-order valence-electron chi connectivity index (χ3n) is 4.00. The highest BCUT2D eigenvalue weighted by Crippen LogP contribution is 2.32. The van der Waals surface area contributed by atoms with Gasteiger partial charge in [-0.3, -0.25) is 4.79 Å². The Bertz CT molecular complexity index is 692. The summed E-state index contributed by atoms with van der Waals surface area (Å²) < 4.78 is 5.15. The first-order valence-corrected chi connectivity index (χ1v) is 8.94. The molecule has 0 spiro atoms. The van der Waals surface area contributed by atoms with Gasteiger partial charge in [-0.15, -0.1) is 11.3 Å². The lowest BCUT2D eigenvalue weighted by molar-refractivity contribution is -0.116. The second kappa shape index (κ2) is 6.78. The molecule has 1 N–H and O–H groups in total. The van der Waals surface area contributed by atoms with E-state index in [0.29, 0.717) is 35.6 Å². The number of carbonyl (C=O) groups excluding carboxylic acids is 1. The van der Waals surface area contributed by atoms with E-state index in [1.165, 1.54) is 11.3 Å². The molecule has 1 unspecified atom stereocenters. The van der Waals surface area contributed by atoms with Gasteiger partial charge >= 0.3 is 0 Å². The van der Waals surface area contributed by atoms with Crippen LogP contribution >= 0.6 is 11.3 Å². The number of aryl methyl sites for hydroxylation is 2. The lowest BCUT2D eigenvalue weighted by atomic mass is 9.93. The molecular weight excluding hydrogens is 312 g/mol. The Hall–Kier alpha value is -1.76. The average Bonchev–Trinajstić information content (AvgIpc) is 3.10. The van der Waals surface area contributed by atoms with Gasteiger partial charge in [-0.1, -0.05) is 25.9 Å². The quantitative estimate of drug-likeness (QED) is 0.907. The van der Waals surface area contributed by atoms with Crippen LogP contribution in [-0.2, 0) is 24.1 Å². The first-order valence-electron chi connectivity index (χ1n) is 8.12. The Morgan fingerprint density at radius 1 is 1.43 bits per heavy atom. The fraction of sp³-hybridized carbons (Fsp3) is 0.625. The van der Waals surface area contributed by atoms with Crippen LogP contribution in [0.15, 0.2) is 4.52 Å². The predicted molar refractivity (Wildman–Crippen MR) is 88.6 cm³/mol. The highest BCUT2D eigenvalue weighted by Gasteiger charge is 2.20. The molecule has 0 saturated heterocycles. The van der Waals surface area contributed by atoms with Crippen molar-refractivity contribution in [3.63, 3.8) is 0 Å². The molecule has 0 aromatic carbocycles. The van der Waals surface area contributed by atoms with Crippen LogP contribution in [0.4, 0.5) is 5.13 Å². The number of nitrogens with zero attached hydrogens (tertiary/aromatic N) is 3. The summed E-state index contributed by atoms with van der Waals surface area (Å²) in [4.78, 5) is 22.2. The van der Waals surface area contributed by atoms with Gasteiger partial charge in [0.25, 0.3) is 0 Å². The molecule has 1 aliphatic rings. The molecule has 1 amide bonds. The summed E-state index contributed by atoms with van der Waals surface area (Å²) in [5.74, 6) is 2.07. The largest absolute Gasteiger partial charge is 0.339 e. The Morgan fingerprint density at radius 3 is 3.00 bits per heavy atom. The first-order chi connectivity index (χ1) is 11.0. The van der Waals surface area contributed by atoms with E-state index in [2.05, 4.69) is 27.4 Å². The Balaban J connectivity index is 1.53. The SMILES string of the molecule is CC1CCc2nc(NC(=O)CCc3nc(C(C)C)no3)sc2C1. The fourth-order valence-corrected chi connectivity index (χ4v) is 3.79. The number of thiazole rings is 1. The molecule has 0 bridgehead atoms. The second-order valence-electron chi connectivity index (χ2n) is 6.49. The molecule has 3 rings (SSSR count). The van der Waals surface area contributed by atoms with E-state index in [0.717, 1.165) is 18.5 Å². The van der Waals surface area contributed by atoms with Gasteiger partial charge < -0.3 is 9.84 Å². The summed E-state index contributed by atoms with van der Waals surface area (Å²) in [6.45, 7) is 6.27. The van der Waals surface area contributed by atoms with Crippen molar-refractivity contribution in [2.24, 2.45) is 5.92 Å². The van der Waals surface area contributed by atoms with Crippen LogP contribution in [0.3, 0.4) is 0 Å². The summed E-state index contributed by atoms with van der Waals surface area (Å²) in [5, 5.41) is 7.50. The zero-order valence-corrected chi connectivity index (χ0v) is 14.6. The maximum absolute atomic E-state index is 12.1. The van der Waals surface area contributed by atoms with Crippen molar-refractivity contribution in [3.8, 4) is 0 Å². The summed E-state index contributed by atoms with van der Waals surface area (Å²) in [7, 11) is 0. The highest BCUT2D eigenvalue weighted by molar-refractivity contribution is 7.15. The lowest BCUT2D eigenvalue weighted by Crippen LogP contribution is -2.12. The van der Waals surface area contributed by atoms with E-state index in [4.69, 9.17) is 4.52 Å². The van der Waals surface area contributed by atoms with Crippen LogP contribution in [0, 0.1) is 5.92 Å². The summed E-state index contributed by atoms with van der Waals surface area (Å²) in [6, 6.07) is 0. The normalized spacial score (nSPS) is 17.3. The third kappa shape index (κ3) is 3.96. The summed E-state index contributed by atoms with van der Waals surface area (Å²) in [6.07, 6.45) is 4.04. The number of hydrogen-bond acceptors (Lipinski definition) is 6. The summed E-state index contributed by atoms with van der Waals surface area (Å²) >= 11 is 1.60. The molecule has 1 atom stereocenters. The van der Waals surface area contributed by atoms with Gasteiger partial charge in [0, 0.05) is 23.6 Å². The monoisotopic (exact) mass is 334 g/mol. The van der Waals surface area contributed by atoms with Gasteiger partial charge in [0.1, 0.15) is 0 Å². The van der Waals surface area contributed by atoms with Crippen molar-refractivity contribution in [2.75, 3.05) is 5.32 Å². The predicted octanol–water partition coefficient (Wildman–Crippen LogP) is 3.35. The maximum Gasteiger partial charge on any atom is 0.227 e. The standard InChI is InChI=1S/C16H22N4O2S/c1-9(2)15-19-14(22-20-15)7-6-13(21)18-16-17-11-5-4-10(3)8-12(11)23-16/h9-10H,4-8H2,1-3H3,(H,17,18,21). The number of carbonyl (C=O) groups is 1. The van der Waals surface area contributed by atoms with Crippen LogP contribution in [0.5, 0.6) is 0 Å². The number of anilines is 1. The van der Waals surface area contributed by atoms with Gasteiger partial charge in [-0.2, -0.15) is 4.98 Å². The first kappa shape index (κ1) is 16.1. The number of fused-ring (bicyclic) bond motifs is 1. The zero-order valence-electron chi connectivity index (χ0n) is 13.8. The molecule has 0 fully saturated rings. The average molecular weight is 334 g/mol. The molecular formula is C16H22N4O2S. The molecule has 0 radical (unpaired) electrons. The van der Waals surface area contributed by atoms with Crippen LogP contribution < -0.4 is 5.32 Å². The van der Waals surface area contributed by atoms with Gasteiger partial charge in [0.2, 0.25) is 11.8 Å².